The van der Waals surface area contributed by atoms with Crippen molar-refractivity contribution in [3.05, 3.63) is 12.2 Å². The van der Waals surface area contributed by atoms with E-state index in [4.69, 9.17) is 11.1 Å². The van der Waals surface area contributed by atoms with Gasteiger partial charge in [-0.25, -0.2) is 0 Å². The molecule has 0 aromatic rings. The van der Waals surface area contributed by atoms with E-state index >= 15 is 0 Å². The van der Waals surface area contributed by atoms with Gasteiger partial charge >= 0.3 is 0 Å². The van der Waals surface area contributed by atoms with E-state index in [1.807, 2.05) is 0 Å². The van der Waals surface area contributed by atoms with Crippen LogP contribution in [0.15, 0.2) is 12.2 Å². The number of nitrogens with zero attached hydrogens (tertiary/aromatic N) is 1. The molecular weight excluding hydrogens is 138 g/mol. The number of nitrogens with two attached hydrogens (primary N) is 1. The first-order valence-electron chi connectivity index (χ1n) is 3.89. The molecule has 0 bridgehead atoms. The number of nitrogens with one attached hydrogen (secondary N) is 1. The van der Waals surface area contributed by atoms with E-state index in [1.54, 1.807) is 12.2 Å². The average molecular weight is 152 g/mol. The second-order valence-electron chi connectivity index (χ2n) is 2.64. The number of allylic oxidation sites excluding steroid dienone is 1. The van der Waals surface area contributed by atoms with Crippen molar-refractivity contribution in [2.24, 2.45) is 5.73 Å². The fraction of sp³-hybridized carbons (Fsp3) is 0.500. The van der Waals surface area contributed by atoms with Gasteiger partial charge in [-0.1, -0.05) is 0 Å². The summed E-state index contributed by atoms with van der Waals surface area (Å²) < 4.78 is 2.14. The van der Waals surface area contributed by atoms with Crippen molar-refractivity contribution < 1.29 is 4.58 Å². The molecule has 0 spiro atoms. The largest absolute Gasteiger partial charge is 0.309 e. The van der Waals surface area contributed by atoms with Crippen LogP contribution >= 0.6 is 0 Å². The molecule has 1 rings (SSSR count). The highest BCUT2D eigenvalue weighted by Gasteiger charge is 2.11. The SMILES string of the molecule is N=C/C=C\C(N)=[N+]1CCCC1. The number of rotatable bonds is 2. The third-order valence-electron chi connectivity index (χ3n) is 1.83. The van der Waals surface area contributed by atoms with E-state index in [1.165, 1.54) is 19.1 Å². The molecule has 0 aliphatic carbocycles. The Hall–Kier alpha value is -1.12. The van der Waals surface area contributed by atoms with Gasteiger partial charge in [0.2, 0.25) is 0 Å². The monoisotopic (exact) mass is 152 g/mol. The highest BCUT2D eigenvalue weighted by atomic mass is 15.1. The van der Waals surface area contributed by atoms with E-state index in [0.717, 1.165) is 18.9 Å². The van der Waals surface area contributed by atoms with Gasteiger partial charge in [0.1, 0.15) is 0 Å². The summed E-state index contributed by atoms with van der Waals surface area (Å²) in [5.74, 6) is 0.783. The molecule has 0 radical (unpaired) electrons. The Bertz CT molecular complexity index is 195. The molecule has 1 heterocycles. The van der Waals surface area contributed by atoms with Crippen molar-refractivity contribution in [3.8, 4) is 0 Å². The molecule has 0 aromatic carbocycles. The number of amidine groups is 1. The van der Waals surface area contributed by atoms with Crippen LogP contribution in [0.5, 0.6) is 0 Å². The maximum atomic E-state index is 6.77. The molecule has 0 aromatic heterocycles. The van der Waals surface area contributed by atoms with E-state index in [2.05, 4.69) is 4.58 Å². The molecule has 0 saturated carbocycles. The zero-order chi connectivity index (χ0) is 8.10. The minimum atomic E-state index is 0.783. The normalized spacial score (nSPS) is 17.6. The number of hydrogen-bond donors (Lipinski definition) is 2. The summed E-state index contributed by atoms with van der Waals surface area (Å²) in [6.07, 6.45) is 7.13. The number of hydrogen-bond acceptors (Lipinski definition) is 1. The van der Waals surface area contributed by atoms with Gasteiger partial charge in [0.15, 0.2) is 0 Å². The minimum absolute atomic E-state index is 0.783. The lowest BCUT2D eigenvalue weighted by Crippen LogP contribution is -2.24. The molecule has 60 valence electrons. The van der Waals surface area contributed by atoms with E-state index < -0.39 is 0 Å². The van der Waals surface area contributed by atoms with Gasteiger partial charge in [0.05, 0.1) is 13.1 Å². The molecular formula is C8H14N3+. The first kappa shape index (κ1) is 7.98. The molecule has 0 atom stereocenters. The van der Waals surface area contributed by atoms with E-state index in [9.17, 15) is 0 Å². The third-order valence-corrected chi connectivity index (χ3v) is 1.83. The van der Waals surface area contributed by atoms with Crippen LogP contribution in [0.4, 0.5) is 0 Å². The lowest BCUT2D eigenvalue weighted by atomic mass is 10.4. The first-order valence-corrected chi connectivity index (χ1v) is 3.89. The zero-order valence-corrected chi connectivity index (χ0v) is 6.59. The summed E-state index contributed by atoms with van der Waals surface area (Å²) in [6.45, 7) is 2.13. The second-order valence-corrected chi connectivity index (χ2v) is 2.64. The van der Waals surface area contributed by atoms with Gasteiger partial charge in [0.25, 0.3) is 5.84 Å². The van der Waals surface area contributed by atoms with Crippen LogP contribution in [-0.4, -0.2) is 29.7 Å². The minimum Gasteiger partial charge on any atom is -0.309 e. The maximum Gasteiger partial charge on any atom is 0.267 e. The van der Waals surface area contributed by atoms with Crippen LogP contribution in [0.2, 0.25) is 0 Å². The standard InChI is InChI=1S/C8H13N3/c9-5-3-4-8(10)11-6-1-2-7-11/h3-5,9-10H,1-2,6-7H2/p+1/b4-3-,9-5?. The molecule has 0 amide bonds. The van der Waals surface area contributed by atoms with Crippen molar-refractivity contribution in [2.45, 2.75) is 12.8 Å². The van der Waals surface area contributed by atoms with Crippen LogP contribution < -0.4 is 5.73 Å². The summed E-state index contributed by atoms with van der Waals surface area (Å²) >= 11 is 0. The molecule has 1 fully saturated rings. The third kappa shape index (κ3) is 2.18. The smallest absolute Gasteiger partial charge is 0.267 e. The molecule has 0 unspecified atom stereocenters. The van der Waals surface area contributed by atoms with Crippen molar-refractivity contribution in [1.29, 1.82) is 5.41 Å². The Morgan fingerprint density at radius 1 is 1.36 bits per heavy atom. The summed E-state index contributed by atoms with van der Waals surface area (Å²) in [5.41, 5.74) is 5.72. The van der Waals surface area contributed by atoms with E-state index in [-0.39, 0.29) is 0 Å². The van der Waals surface area contributed by atoms with Crippen LogP contribution in [-0.2, 0) is 0 Å². The summed E-state index contributed by atoms with van der Waals surface area (Å²) in [7, 11) is 0. The highest BCUT2D eigenvalue weighted by molar-refractivity contribution is 5.90. The first-order chi connectivity index (χ1) is 5.34. The van der Waals surface area contributed by atoms with Crippen LogP contribution in [0, 0.1) is 5.41 Å². The van der Waals surface area contributed by atoms with Crippen molar-refractivity contribution in [3.63, 3.8) is 0 Å². The molecule has 11 heavy (non-hydrogen) atoms. The lowest BCUT2D eigenvalue weighted by molar-refractivity contribution is -0.506. The molecule has 1 aliphatic heterocycles. The molecule has 1 aliphatic rings. The van der Waals surface area contributed by atoms with Gasteiger partial charge in [0, 0.05) is 12.3 Å². The summed E-state index contributed by atoms with van der Waals surface area (Å²) in [4.78, 5) is 0. The predicted molar refractivity (Wildman–Crippen MR) is 46.3 cm³/mol. The molecule has 3 heteroatoms. The van der Waals surface area contributed by atoms with Crippen molar-refractivity contribution in [2.75, 3.05) is 13.1 Å². The molecule has 3 nitrogen and oxygen atoms in total. The highest BCUT2D eigenvalue weighted by Crippen LogP contribution is 2.00. The zero-order valence-electron chi connectivity index (χ0n) is 6.59. The van der Waals surface area contributed by atoms with Crippen molar-refractivity contribution >= 4 is 12.1 Å². The van der Waals surface area contributed by atoms with Gasteiger partial charge < -0.3 is 5.41 Å². The average Bonchev–Trinajstić information content (AvgIpc) is 2.52. The summed E-state index contributed by atoms with van der Waals surface area (Å²) in [5, 5.41) is 6.77. The van der Waals surface area contributed by atoms with Gasteiger partial charge in [-0.15, -0.1) is 0 Å². The Labute approximate surface area is 66.7 Å². The fourth-order valence-electron chi connectivity index (χ4n) is 1.23. The maximum absolute atomic E-state index is 6.77. The Morgan fingerprint density at radius 2 is 2.00 bits per heavy atom. The molecule has 3 N–H and O–H groups in total. The van der Waals surface area contributed by atoms with Crippen molar-refractivity contribution in [1.82, 2.24) is 0 Å². The van der Waals surface area contributed by atoms with Crippen LogP contribution in [0.1, 0.15) is 12.8 Å². The fourth-order valence-corrected chi connectivity index (χ4v) is 1.23. The quantitative estimate of drug-likeness (QED) is 0.335. The van der Waals surface area contributed by atoms with Gasteiger partial charge in [-0.3, -0.25) is 10.3 Å². The van der Waals surface area contributed by atoms with Crippen LogP contribution in [0.25, 0.3) is 0 Å². The Kier molecular flexibility index (Phi) is 2.83. The predicted octanol–water partition coefficient (Wildman–Crippen LogP) is 0.356. The van der Waals surface area contributed by atoms with Gasteiger partial charge in [-0.05, 0) is 18.9 Å². The molecule has 1 saturated heterocycles. The Balaban J connectivity index is 2.61. The van der Waals surface area contributed by atoms with Crippen LogP contribution in [0.3, 0.4) is 0 Å². The summed E-state index contributed by atoms with van der Waals surface area (Å²) in [6, 6.07) is 0. The lowest BCUT2D eigenvalue weighted by Gasteiger charge is -1.95. The van der Waals surface area contributed by atoms with Gasteiger partial charge in [-0.2, -0.15) is 0 Å². The topological polar surface area (TPSA) is 52.9 Å². The van der Waals surface area contributed by atoms with E-state index in [0.29, 0.717) is 0 Å². The Morgan fingerprint density at radius 3 is 2.55 bits per heavy atom. The second kappa shape index (κ2) is 3.91.